The Morgan fingerprint density at radius 2 is 2.29 bits per heavy atom. The SMILES string of the molecule is CCN1CCC(=O)Nc2cccc(C(=O)O)c21. The number of hydrogen-bond acceptors (Lipinski definition) is 3. The number of rotatable bonds is 2. The molecule has 0 fully saturated rings. The first-order valence-corrected chi connectivity index (χ1v) is 5.54. The Kier molecular flexibility index (Phi) is 2.99. The molecule has 0 aromatic heterocycles. The number of carboxylic acid groups (broad SMARTS) is 1. The van der Waals surface area contributed by atoms with Crippen LogP contribution in [-0.4, -0.2) is 30.1 Å². The molecule has 90 valence electrons. The van der Waals surface area contributed by atoms with E-state index in [1.807, 2.05) is 11.8 Å². The number of carbonyl (C=O) groups is 2. The number of fused-ring (bicyclic) bond motifs is 1. The molecule has 1 aliphatic heterocycles. The maximum atomic E-state index is 11.5. The molecule has 0 unspecified atom stereocenters. The number of carboxylic acids is 1. The van der Waals surface area contributed by atoms with Gasteiger partial charge in [0.2, 0.25) is 5.91 Å². The van der Waals surface area contributed by atoms with E-state index in [9.17, 15) is 14.7 Å². The standard InChI is InChI=1S/C12H14N2O3/c1-2-14-7-6-10(15)13-9-5-3-4-8(11(9)14)12(16)17/h3-5H,2,6-7H2,1H3,(H,13,15)(H,16,17). The first-order valence-electron chi connectivity index (χ1n) is 5.54. The Morgan fingerprint density at radius 1 is 1.53 bits per heavy atom. The fourth-order valence-corrected chi connectivity index (χ4v) is 2.03. The number of anilines is 2. The number of aromatic carboxylic acids is 1. The van der Waals surface area contributed by atoms with Gasteiger partial charge >= 0.3 is 5.97 Å². The molecule has 2 rings (SSSR count). The molecule has 5 heteroatoms. The number of benzene rings is 1. The Bertz CT molecular complexity index is 471. The highest BCUT2D eigenvalue weighted by molar-refractivity contribution is 6.03. The van der Waals surface area contributed by atoms with Crippen LogP contribution in [-0.2, 0) is 4.79 Å². The molecule has 0 aliphatic carbocycles. The van der Waals surface area contributed by atoms with Gasteiger partial charge in [0.15, 0.2) is 0 Å². The lowest BCUT2D eigenvalue weighted by atomic mass is 10.1. The summed E-state index contributed by atoms with van der Waals surface area (Å²) in [4.78, 5) is 24.6. The maximum absolute atomic E-state index is 11.5. The fraction of sp³-hybridized carbons (Fsp3) is 0.333. The number of hydrogen-bond donors (Lipinski definition) is 2. The van der Waals surface area contributed by atoms with E-state index in [0.29, 0.717) is 30.9 Å². The third-order valence-electron chi connectivity index (χ3n) is 2.85. The summed E-state index contributed by atoms with van der Waals surface area (Å²) in [5.41, 5.74) is 1.41. The molecule has 0 bridgehead atoms. The molecular formula is C12H14N2O3. The second kappa shape index (κ2) is 4.45. The van der Waals surface area contributed by atoms with Crippen molar-refractivity contribution >= 4 is 23.3 Å². The van der Waals surface area contributed by atoms with Gasteiger partial charge < -0.3 is 15.3 Å². The van der Waals surface area contributed by atoms with Gasteiger partial charge in [0, 0.05) is 19.5 Å². The molecule has 1 aromatic carbocycles. The number of nitrogens with zero attached hydrogens (tertiary/aromatic N) is 1. The number of nitrogens with one attached hydrogen (secondary N) is 1. The van der Waals surface area contributed by atoms with Crippen molar-refractivity contribution < 1.29 is 14.7 Å². The largest absolute Gasteiger partial charge is 0.478 e. The van der Waals surface area contributed by atoms with Crippen molar-refractivity contribution in [2.45, 2.75) is 13.3 Å². The van der Waals surface area contributed by atoms with Crippen LogP contribution in [0.4, 0.5) is 11.4 Å². The Morgan fingerprint density at radius 3 is 2.94 bits per heavy atom. The van der Waals surface area contributed by atoms with Gasteiger partial charge in [-0.3, -0.25) is 4.79 Å². The summed E-state index contributed by atoms with van der Waals surface area (Å²) < 4.78 is 0. The van der Waals surface area contributed by atoms with Gasteiger partial charge in [-0.25, -0.2) is 4.79 Å². The molecule has 0 saturated carbocycles. The van der Waals surface area contributed by atoms with Crippen molar-refractivity contribution in [2.75, 3.05) is 23.3 Å². The van der Waals surface area contributed by atoms with Crippen LogP contribution in [0.5, 0.6) is 0 Å². The minimum atomic E-state index is -0.976. The lowest BCUT2D eigenvalue weighted by Gasteiger charge is -2.23. The van der Waals surface area contributed by atoms with Crippen LogP contribution in [0.25, 0.3) is 0 Å². The monoisotopic (exact) mass is 234 g/mol. The second-order valence-electron chi connectivity index (χ2n) is 3.88. The van der Waals surface area contributed by atoms with Gasteiger partial charge in [-0.2, -0.15) is 0 Å². The zero-order valence-corrected chi connectivity index (χ0v) is 9.56. The fourth-order valence-electron chi connectivity index (χ4n) is 2.03. The summed E-state index contributed by atoms with van der Waals surface area (Å²) in [5, 5.41) is 11.9. The number of carbonyl (C=O) groups excluding carboxylic acids is 1. The van der Waals surface area contributed by atoms with E-state index in [0.717, 1.165) is 0 Å². The normalized spacial score (nSPS) is 14.9. The Balaban J connectivity index is 2.58. The summed E-state index contributed by atoms with van der Waals surface area (Å²) in [7, 11) is 0. The summed E-state index contributed by atoms with van der Waals surface area (Å²) >= 11 is 0. The highest BCUT2D eigenvalue weighted by atomic mass is 16.4. The first-order chi connectivity index (χ1) is 8.13. The van der Waals surface area contributed by atoms with Gasteiger partial charge in [-0.05, 0) is 19.1 Å². The minimum Gasteiger partial charge on any atom is -0.478 e. The van der Waals surface area contributed by atoms with Gasteiger partial charge in [0.25, 0.3) is 0 Å². The molecule has 0 spiro atoms. The number of amides is 1. The van der Waals surface area contributed by atoms with E-state index in [4.69, 9.17) is 0 Å². The summed E-state index contributed by atoms with van der Waals surface area (Å²) in [5.74, 6) is -1.05. The Hall–Kier alpha value is -2.04. The molecule has 0 atom stereocenters. The second-order valence-corrected chi connectivity index (χ2v) is 3.88. The average molecular weight is 234 g/mol. The van der Waals surface area contributed by atoms with Gasteiger partial charge in [0.1, 0.15) is 0 Å². The van der Waals surface area contributed by atoms with Crippen LogP contribution in [0.15, 0.2) is 18.2 Å². The predicted octanol–water partition coefficient (Wildman–Crippen LogP) is 1.55. The van der Waals surface area contributed by atoms with E-state index < -0.39 is 5.97 Å². The predicted molar refractivity (Wildman–Crippen MR) is 64.5 cm³/mol. The van der Waals surface area contributed by atoms with Crippen molar-refractivity contribution in [2.24, 2.45) is 0 Å². The van der Waals surface area contributed by atoms with E-state index in [2.05, 4.69) is 5.32 Å². The van der Waals surface area contributed by atoms with Crippen molar-refractivity contribution in [3.05, 3.63) is 23.8 Å². The van der Waals surface area contributed by atoms with Gasteiger partial charge in [0.05, 0.1) is 16.9 Å². The molecule has 1 aromatic rings. The maximum Gasteiger partial charge on any atom is 0.337 e. The van der Waals surface area contributed by atoms with Gasteiger partial charge in [-0.15, -0.1) is 0 Å². The molecule has 1 aliphatic rings. The molecule has 1 amide bonds. The quantitative estimate of drug-likeness (QED) is 0.814. The smallest absolute Gasteiger partial charge is 0.337 e. The lowest BCUT2D eigenvalue weighted by Crippen LogP contribution is -2.25. The van der Waals surface area contributed by atoms with Crippen LogP contribution in [0.3, 0.4) is 0 Å². The molecule has 0 saturated heterocycles. The molecule has 17 heavy (non-hydrogen) atoms. The van der Waals surface area contributed by atoms with Crippen LogP contribution >= 0.6 is 0 Å². The molecule has 0 radical (unpaired) electrons. The van der Waals surface area contributed by atoms with E-state index in [1.54, 1.807) is 18.2 Å². The highest BCUT2D eigenvalue weighted by Crippen LogP contribution is 2.32. The average Bonchev–Trinajstić information content (AvgIpc) is 2.46. The zero-order valence-electron chi connectivity index (χ0n) is 9.56. The van der Waals surface area contributed by atoms with E-state index in [-0.39, 0.29) is 11.5 Å². The molecule has 1 heterocycles. The summed E-state index contributed by atoms with van der Waals surface area (Å²) in [6.07, 6.45) is 0.377. The van der Waals surface area contributed by atoms with Crippen LogP contribution < -0.4 is 10.2 Å². The van der Waals surface area contributed by atoms with E-state index in [1.165, 1.54) is 0 Å². The van der Waals surface area contributed by atoms with Gasteiger partial charge in [-0.1, -0.05) is 6.07 Å². The number of para-hydroxylation sites is 1. The summed E-state index contributed by atoms with van der Waals surface area (Å²) in [6.45, 7) is 3.16. The van der Waals surface area contributed by atoms with Crippen molar-refractivity contribution in [3.63, 3.8) is 0 Å². The topological polar surface area (TPSA) is 69.6 Å². The van der Waals surface area contributed by atoms with Crippen LogP contribution in [0, 0.1) is 0 Å². The highest BCUT2D eigenvalue weighted by Gasteiger charge is 2.23. The Labute approximate surface area is 99.0 Å². The molecular weight excluding hydrogens is 220 g/mol. The third kappa shape index (κ3) is 2.08. The molecule has 5 nitrogen and oxygen atoms in total. The van der Waals surface area contributed by atoms with Crippen molar-refractivity contribution in [1.29, 1.82) is 0 Å². The van der Waals surface area contributed by atoms with Crippen LogP contribution in [0.1, 0.15) is 23.7 Å². The zero-order chi connectivity index (χ0) is 12.4. The van der Waals surface area contributed by atoms with E-state index >= 15 is 0 Å². The lowest BCUT2D eigenvalue weighted by molar-refractivity contribution is -0.115. The molecule has 2 N–H and O–H groups in total. The summed E-state index contributed by atoms with van der Waals surface area (Å²) in [6, 6.07) is 4.93. The van der Waals surface area contributed by atoms with Crippen molar-refractivity contribution in [3.8, 4) is 0 Å². The first kappa shape index (κ1) is 11.4. The van der Waals surface area contributed by atoms with Crippen molar-refractivity contribution in [1.82, 2.24) is 0 Å². The minimum absolute atomic E-state index is 0.0789. The third-order valence-corrected chi connectivity index (χ3v) is 2.85. The van der Waals surface area contributed by atoms with Crippen LogP contribution in [0.2, 0.25) is 0 Å².